The van der Waals surface area contributed by atoms with Gasteiger partial charge >= 0.3 is 0 Å². The number of nitriles is 1. The van der Waals surface area contributed by atoms with Crippen LogP contribution in [0.2, 0.25) is 0 Å². The summed E-state index contributed by atoms with van der Waals surface area (Å²) in [5.41, 5.74) is 4.45. The van der Waals surface area contributed by atoms with E-state index in [4.69, 9.17) is 10.00 Å². The molecular formula is C22H21NO2. The van der Waals surface area contributed by atoms with Crippen LogP contribution in [-0.4, -0.2) is 19.0 Å². The zero-order valence-corrected chi connectivity index (χ0v) is 14.4. The van der Waals surface area contributed by atoms with Crippen LogP contribution in [0, 0.1) is 16.7 Å². The molecule has 126 valence electrons. The van der Waals surface area contributed by atoms with E-state index in [1.165, 1.54) is 5.56 Å². The molecule has 3 nitrogen and oxygen atoms in total. The van der Waals surface area contributed by atoms with E-state index >= 15 is 0 Å². The average Bonchev–Trinajstić information content (AvgIpc) is 2.94. The average molecular weight is 331 g/mol. The number of benzene rings is 2. The SMILES string of the molecule is COC1CCC2(CC1)Cc1ccc(-c3cccc(C#N)c3)cc1C2=O. The minimum atomic E-state index is -0.218. The van der Waals surface area contributed by atoms with Gasteiger partial charge in [0.1, 0.15) is 0 Å². The van der Waals surface area contributed by atoms with E-state index in [0.717, 1.165) is 48.8 Å². The van der Waals surface area contributed by atoms with Crippen LogP contribution in [0.25, 0.3) is 11.1 Å². The van der Waals surface area contributed by atoms with Crippen molar-refractivity contribution < 1.29 is 9.53 Å². The second-order valence-electron chi connectivity index (χ2n) is 7.29. The molecule has 2 aromatic rings. The molecule has 1 fully saturated rings. The summed E-state index contributed by atoms with van der Waals surface area (Å²) in [4.78, 5) is 13.2. The smallest absolute Gasteiger partial charge is 0.169 e. The van der Waals surface area contributed by atoms with E-state index in [9.17, 15) is 4.79 Å². The predicted molar refractivity (Wildman–Crippen MR) is 96.3 cm³/mol. The maximum atomic E-state index is 13.2. The first-order valence-electron chi connectivity index (χ1n) is 8.86. The highest BCUT2D eigenvalue weighted by atomic mass is 16.5. The van der Waals surface area contributed by atoms with Gasteiger partial charge < -0.3 is 4.74 Å². The highest BCUT2D eigenvalue weighted by Crippen LogP contribution is 2.48. The highest BCUT2D eigenvalue weighted by Gasteiger charge is 2.47. The molecule has 25 heavy (non-hydrogen) atoms. The molecule has 0 bridgehead atoms. The van der Waals surface area contributed by atoms with Crippen molar-refractivity contribution >= 4 is 5.78 Å². The summed E-state index contributed by atoms with van der Waals surface area (Å²) in [5, 5.41) is 9.10. The zero-order chi connectivity index (χ0) is 17.4. The fraction of sp³-hybridized carbons (Fsp3) is 0.364. The lowest BCUT2D eigenvalue weighted by atomic mass is 9.70. The van der Waals surface area contributed by atoms with Crippen LogP contribution < -0.4 is 0 Å². The van der Waals surface area contributed by atoms with Crippen LogP contribution in [0.3, 0.4) is 0 Å². The van der Waals surface area contributed by atoms with Crippen molar-refractivity contribution in [1.29, 1.82) is 5.26 Å². The Hall–Kier alpha value is -2.44. The van der Waals surface area contributed by atoms with Gasteiger partial charge in [0.25, 0.3) is 0 Å². The molecule has 4 rings (SSSR count). The third-order valence-corrected chi connectivity index (χ3v) is 5.91. The summed E-state index contributed by atoms with van der Waals surface area (Å²) >= 11 is 0. The van der Waals surface area contributed by atoms with Crippen molar-refractivity contribution in [3.05, 3.63) is 59.2 Å². The molecule has 0 N–H and O–H groups in total. The van der Waals surface area contributed by atoms with Gasteiger partial charge in [-0.25, -0.2) is 0 Å². The van der Waals surface area contributed by atoms with Crippen LogP contribution in [0.1, 0.15) is 47.2 Å². The number of carbonyl (C=O) groups excluding carboxylic acids is 1. The minimum Gasteiger partial charge on any atom is -0.381 e. The molecule has 0 saturated heterocycles. The van der Waals surface area contributed by atoms with Crippen molar-refractivity contribution in [3.63, 3.8) is 0 Å². The summed E-state index contributed by atoms with van der Waals surface area (Å²) in [6.45, 7) is 0. The number of hydrogen-bond acceptors (Lipinski definition) is 3. The fourth-order valence-corrected chi connectivity index (χ4v) is 4.40. The summed E-state index contributed by atoms with van der Waals surface area (Å²) in [6, 6.07) is 15.9. The van der Waals surface area contributed by atoms with Gasteiger partial charge in [0.15, 0.2) is 5.78 Å². The first kappa shape index (κ1) is 16.1. The number of Topliss-reactive ketones (excluding diaryl/α,β-unsaturated/α-hetero) is 1. The first-order valence-corrected chi connectivity index (χ1v) is 8.86. The number of ketones is 1. The monoisotopic (exact) mass is 331 g/mol. The Bertz CT molecular complexity index is 870. The van der Waals surface area contributed by atoms with Gasteiger partial charge in [-0.1, -0.05) is 24.3 Å². The minimum absolute atomic E-state index is 0.218. The molecular weight excluding hydrogens is 310 g/mol. The van der Waals surface area contributed by atoms with Gasteiger partial charge in [-0.3, -0.25) is 4.79 Å². The van der Waals surface area contributed by atoms with Crippen LogP contribution in [-0.2, 0) is 11.2 Å². The molecule has 1 spiro atoms. The molecule has 0 heterocycles. The normalized spacial score (nSPS) is 25.0. The van der Waals surface area contributed by atoms with Crippen LogP contribution in [0.5, 0.6) is 0 Å². The van der Waals surface area contributed by atoms with E-state index in [0.29, 0.717) is 17.5 Å². The van der Waals surface area contributed by atoms with E-state index in [1.807, 2.05) is 24.3 Å². The summed E-state index contributed by atoms with van der Waals surface area (Å²) in [5.74, 6) is 0.301. The molecule has 0 unspecified atom stereocenters. The van der Waals surface area contributed by atoms with Gasteiger partial charge in [0, 0.05) is 18.1 Å². The Balaban J connectivity index is 1.66. The predicted octanol–water partition coefficient (Wildman–Crippen LogP) is 4.54. The van der Waals surface area contributed by atoms with Gasteiger partial charge in [-0.05, 0) is 67.0 Å². The number of fused-ring (bicyclic) bond motifs is 1. The molecule has 3 heteroatoms. The first-order chi connectivity index (χ1) is 12.1. The Kier molecular flexibility index (Phi) is 3.94. The lowest BCUT2D eigenvalue weighted by Gasteiger charge is -2.35. The summed E-state index contributed by atoms with van der Waals surface area (Å²) in [7, 11) is 1.76. The molecule has 0 aliphatic heterocycles. The van der Waals surface area contributed by atoms with Crippen LogP contribution >= 0.6 is 0 Å². The number of hydrogen-bond donors (Lipinski definition) is 0. The summed E-state index contributed by atoms with van der Waals surface area (Å²) < 4.78 is 5.47. The Labute approximate surface area is 148 Å². The number of methoxy groups -OCH3 is 1. The van der Waals surface area contributed by atoms with Gasteiger partial charge in [0.2, 0.25) is 0 Å². The largest absolute Gasteiger partial charge is 0.381 e. The second kappa shape index (κ2) is 6.13. The van der Waals surface area contributed by atoms with Crippen molar-refractivity contribution in [2.75, 3.05) is 7.11 Å². The molecule has 0 aromatic heterocycles. The van der Waals surface area contributed by atoms with Gasteiger partial charge in [-0.15, -0.1) is 0 Å². The molecule has 0 radical (unpaired) electrons. The van der Waals surface area contributed by atoms with E-state index in [-0.39, 0.29) is 5.41 Å². The van der Waals surface area contributed by atoms with Crippen LogP contribution in [0.4, 0.5) is 0 Å². The molecule has 0 amide bonds. The fourth-order valence-electron chi connectivity index (χ4n) is 4.40. The van der Waals surface area contributed by atoms with E-state index < -0.39 is 0 Å². The van der Waals surface area contributed by atoms with Crippen LogP contribution in [0.15, 0.2) is 42.5 Å². The zero-order valence-electron chi connectivity index (χ0n) is 14.4. The standard InChI is InChI=1S/C22H21NO2/c1-25-19-7-9-22(10-8-19)13-18-6-5-17(12-20(18)21(22)24)16-4-2-3-15(11-16)14-23/h2-6,11-12,19H,7-10,13H2,1H3. The van der Waals surface area contributed by atoms with Gasteiger partial charge in [-0.2, -0.15) is 5.26 Å². The van der Waals surface area contributed by atoms with Gasteiger partial charge in [0.05, 0.1) is 17.7 Å². The molecule has 1 saturated carbocycles. The topological polar surface area (TPSA) is 50.1 Å². The number of nitrogens with zero attached hydrogens (tertiary/aromatic N) is 1. The third-order valence-electron chi connectivity index (χ3n) is 5.91. The third kappa shape index (κ3) is 2.67. The van der Waals surface area contributed by atoms with Crippen molar-refractivity contribution in [1.82, 2.24) is 0 Å². The lowest BCUT2D eigenvalue weighted by Crippen LogP contribution is -2.35. The van der Waals surface area contributed by atoms with E-state index in [1.54, 1.807) is 13.2 Å². The summed E-state index contributed by atoms with van der Waals surface area (Å²) in [6.07, 6.45) is 4.92. The molecule has 2 aliphatic carbocycles. The highest BCUT2D eigenvalue weighted by molar-refractivity contribution is 6.05. The maximum absolute atomic E-state index is 13.2. The second-order valence-corrected chi connectivity index (χ2v) is 7.29. The Morgan fingerprint density at radius 1 is 1.12 bits per heavy atom. The molecule has 2 aliphatic rings. The Morgan fingerprint density at radius 2 is 1.88 bits per heavy atom. The molecule has 0 atom stereocenters. The number of carbonyl (C=O) groups is 1. The van der Waals surface area contributed by atoms with Crippen molar-refractivity contribution in [3.8, 4) is 17.2 Å². The van der Waals surface area contributed by atoms with E-state index in [2.05, 4.69) is 18.2 Å². The quantitative estimate of drug-likeness (QED) is 0.812. The maximum Gasteiger partial charge on any atom is 0.169 e. The Morgan fingerprint density at radius 3 is 2.60 bits per heavy atom. The van der Waals surface area contributed by atoms with Crippen molar-refractivity contribution in [2.24, 2.45) is 5.41 Å². The lowest BCUT2D eigenvalue weighted by molar-refractivity contribution is 0.0285. The number of rotatable bonds is 2. The molecule has 2 aromatic carbocycles. The van der Waals surface area contributed by atoms with Crippen molar-refractivity contribution in [2.45, 2.75) is 38.2 Å². The number of ether oxygens (including phenoxy) is 1.